The van der Waals surface area contributed by atoms with Crippen LogP contribution in [0.4, 0.5) is 8.78 Å². The first kappa shape index (κ1) is 18.0. The van der Waals surface area contributed by atoms with Crippen molar-refractivity contribution < 1.29 is 31.3 Å². The van der Waals surface area contributed by atoms with Gasteiger partial charge in [-0.15, -0.1) is 0 Å². The number of carboxylic acid groups (broad SMARTS) is 1. The highest BCUT2D eigenvalue weighted by Crippen LogP contribution is 2.37. The third-order valence-corrected chi connectivity index (χ3v) is 4.54. The van der Waals surface area contributed by atoms with E-state index in [0.717, 1.165) is 5.56 Å². The van der Waals surface area contributed by atoms with Gasteiger partial charge in [-0.3, -0.25) is 4.18 Å². The van der Waals surface area contributed by atoms with Gasteiger partial charge in [-0.2, -0.15) is 17.2 Å². The second-order valence-electron chi connectivity index (χ2n) is 5.08. The first-order chi connectivity index (χ1) is 11.1. The van der Waals surface area contributed by atoms with E-state index in [-0.39, 0.29) is 10.5 Å². The average Bonchev–Trinajstić information content (AvgIpc) is 2.53. The van der Waals surface area contributed by atoms with Gasteiger partial charge in [-0.25, -0.2) is 4.79 Å². The van der Waals surface area contributed by atoms with Crippen molar-refractivity contribution in [1.82, 2.24) is 0 Å². The first-order valence-corrected chi connectivity index (χ1v) is 8.21. The van der Waals surface area contributed by atoms with Crippen LogP contribution in [-0.2, 0) is 19.1 Å². The van der Waals surface area contributed by atoms with Crippen LogP contribution < -0.4 is 0 Å². The molecule has 0 spiro atoms. The molecule has 0 bridgehead atoms. The number of carbonyl (C=O) groups is 1. The molecular formula is C16H14F2O5S. The number of aryl methyl sites for hydroxylation is 1. The van der Waals surface area contributed by atoms with Crippen molar-refractivity contribution in [2.45, 2.75) is 23.8 Å². The van der Waals surface area contributed by atoms with E-state index in [9.17, 15) is 22.0 Å². The fourth-order valence-electron chi connectivity index (χ4n) is 1.95. The molecule has 0 amide bonds. The smallest absolute Gasteiger partial charge is 0.377 e. The molecule has 1 N–H and O–H groups in total. The average molecular weight is 356 g/mol. The molecule has 0 aliphatic carbocycles. The number of hydrogen-bond donors (Lipinski definition) is 1. The highest BCUT2D eigenvalue weighted by molar-refractivity contribution is 7.86. The maximum absolute atomic E-state index is 14.0. The second kappa shape index (κ2) is 6.66. The molecule has 0 aliphatic rings. The van der Waals surface area contributed by atoms with E-state index < -0.39 is 28.1 Å². The summed E-state index contributed by atoms with van der Waals surface area (Å²) < 4.78 is 57.1. The molecule has 2 aromatic rings. The van der Waals surface area contributed by atoms with E-state index in [1.54, 1.807) is 6.92 Å². The van der Waals surface area contributed by atoms with Gasteiger partial charge in [0.25, 0.3) is 10.1 Å². The van der Waals surface area contributed by atoms with Crippen molar-refractivity contribution in [2.75, 3.05) is 0 Å². The quantitative estimate of drug-likeness (QED) is 0.804. The second-order valence-corrected chi connectivity index (χ2v) is 6.65. The lowest BCUT2D eigenvalue weighted by molar-refractivity contribution is -0.179. The summed E-state index contributed by atoms with van der Waals surface area (Å²) in [6.07, 6.45) is -2.48. The Morgan fingerprint density at radius 3 is 2.12 bits per heavy atom. The fraction of sp³-hybridized carbons (Fsp3) is 0.188. The van der Waals surface area contributed by atoms with E-state index in [2.05, 4.69) is 4.18 Å². The van der Waals surface area contributed by atoms with Gasteiger partial charge >= 0.3 is 11.9 Å². The van der Waals surface area contributed by atoms with Crippen LogP contribution in [0, 0.1) is 6.92 Å². The van der Waals surface area contributed by atoms with Crippen molar-refractivity contribution in [2.24, 2.45) is 0 Å². The SMILES string of the molecule is Cc1ccc(S(=O)(=O)OC(c2ccccc2)C(F)(F)C(=O)O)cc1. The summed E-state index contributed by atoms with van der Waals surface area (Å²) in [6.45, 7) is 1.72. The van der Waals surface area contributed by atoms with Gasteiger partial charge in [-0.05, 0) is 24.6 Å². The lowest BCUT2D eigenvalue weighted by atomic mass is 10.0. The molecule has 0 saturated heterocycles. The number of hydrogen-bond acceptors (Lipinski definition) is 4. The fourth-order valence-corrected chi connectivity index (χ4v) is 3.02. The van der Waals surface area contributed by atoms with E-state index in [1.807, 2.05) is 0 Å². The first-order valence-electron chi connectivity index (χ1n) is 6.80. The maximum atomic E-state index is 14.0. The zero-order chi connectivity index (χ0) is 18.0. The normalized spacial score (nSPS) is 13.5. The van der Waals surface area contributed by atoms with Crippen LogP contribution in [0.2, 0.25) is 0 Å². The van der Waals surface area contributed by atoms with Gasteiger partial charge in [0.2, 0.25) is 0 Å². The van der Waals surface area contributed by atoms with Crippen LogP contribution in [0.5, 0.6) is 0 Å². The zero-order valence-electron chi connectivity index (χ0n) is 12.5. The summed E-state index contributed by atoms with van der Waals surface area (Å²) in [5.74, 6) is -6.91. The standard InChI is InChI=1S/C16H14F2O5S/c1-11-7-9-13(10-8-11)24(21,22)23-14(16(17,18)15(19)20)12-5-3-2-4-6-12/h2-10,14H,1H3,(H,19,20). The molecule has 8 heteroatoms. The van der Waals surface area contributed by atoms with Gasteiger partial charge < -0.3 is 5.11 Å². The molecule has 0 heterocycles. The third-order valence-electron chi connectivity index (χ3n) is 3.25. The Morgan fingerprint density at radius 1 is 1.08 bits per heavy atom. The number of aliphatic carboxylic acids is 1. The number of alkyl halides is 2. The molecule has 1 atom stereocenters. The predicted molar refractivity (Wildman–Crippen MR) is 81.2 cm³/mol. The van der Waals surface area contributed by atoms with Crippen LogP contribution in [0.3, 0.4) is 0 Å². The molecule has 5 nitrogen and oxygen atoms in total. The number of rotatable bonds is 6. The Labute approximate surface area is 137 Å². The summed E-state index contributed by atoms with van der Waals surface area (Å²) in [5, 5.41) is 8.75. The van der Waals surface area contributed by atoms with Crippen molar-refractivity contribution in [3.8, 4) is 0 Å². The molecule has 0 aliphatic heterocycles. The zero-order valence-corrected chi connectivity index (χ0v) is 13.3. The van der Waals surface area contributed by atoms with Gasteiger partial charge in [0.15, 0.2) is 6.10 Å². The molecule has 128 valence electrons. The van der Waals surface area contributed by atoms with Gasteiger partial charge in [0.1, 0.15) is 0 Å². The maximum Gasteiger partial charge on any atom is 0.377 e. The Hall–Kier alpha value is -2.32. The Morgan fingerprint density at radius 2 is 1.62 bits per heavy atom. The highest BCUT2D eigenvalue weighted by atomic mass is 32.2. The summed E-state index contributed by atoms with van der Waals surface area (Å²) in [7, 11) is -4.58. The lowest BCUT2D eigenvalue weighted by Gasteiger charge is -2.23. The molecule has 24 heavy (non-hydrogen) atoms. The van der Waals surface area contributed by atoms with Crippen molar-refractivity contribution in [3.05, 3.63) is 65.7 Å². The number of benzene rings is 2. The van der Waals surface area contributed by atoms with Crippen LogP contribution in [0.25, 0.3) is 0 Å². The van der Waals surface area contributed by atoms with Crippen LogP contribution in [-0.4, -0.2) is 25.4 Å². The van der Waals surface area contributed by atoms with Crippen LogP contribution >= 0.6 is 0 Å². The van der Waals surface area contributed by atoms with Gasteiger partial charge in [0, 0.05) is 0 Å². The van der Waals surface area contributed by atoms with Gasteiger partial charge in [-0.1, -0.05) is 48.0 Å². The Kier molecular flexibility index (Phi) is 5.00. The molecule has 0 aromatic heterocycles. The minimum Gasteiger partial charge on any atom is -0.477 e. The Bertz CT molecular complexity index is 817. The predicted octanol–water partition coefficient (Wildman–Crippen LogP) is 3.16. The number of halogens is 2. The number of carboxylic acids is 1. The summed E-state index contributed by atoms with van der Waals surface area (Å²) >= 11 is 0. The lowest BCUT2D eigenvalue weighted by Crippen LogP contribution is -2.38. The summed E-state index contributed by atoms with van der Waals surface area (Å²) in [6, 6.07) is 12.0. The largest absolute Gasteiger partial charge is 0.477 e. The van der Waals surface area contributed by atoms with E-state index in [4.69, 9.17) is 5.11 Å². The molecule has 1 unspecified atom stereocenters. The monoisotopic (exact) mass is 356 g/mol. The van der Waals surface area contributed by atoms with Crippen LogP contribution in [0.15, 0.2) is 59.5 Å². The van der Waals surface area contributed by atoms with Crippen LogP contribution in [0.1, 0.15) is 17.2 Å². The molecule has 0 radical (unpaired) electrons. The van der Waals surface area contributed by atoms with E-state index in [1.165, 1.54) is 54.6 Å². The molecule has 2 rings (SSSR count). The summed E-state index contributed by atoms with van der Waals surface area (Å²) in [4.78, 5) is 10.5. The van der Waals surface area contributed by atoms with Gasteiger partial charge in [0.05, 0.1) is 4.90 Å². The van der Waals surface area contributed by atoms with E-state index >= 15 is 0 Å². The Balaban J connectivity index is 2.45. The summed E-state index contributed by atoms with van der Waals surface area (Å²) in [5.41, 5.74) is 0.505. The minimum absolute atomic E-state index is 0.263. The van der Waals surface area contributed by atoms with E-state index in [0.29, 0.717) is 0 Å². The minimum atomic E-state index is -4.58. The molecule has 0 saturated carbocycles. The highest BCUT2D eigenvalue weighted by Gasteiger charge is 2.51. The van der Waals surface area contributed by atoms with Crippen molar-refractivity contribution in [3.63, 3.8) is 0 Å². The topological polar surface area (TPSA) is 80.7 Å². The molecule has 2 aromatic carbocycles. The van der Waals surface area contributed by atoms with Crippen molar-refractivity contribution in [1.29, 1.82) is 0 Å². The molecular weight excluding hydrogens is 342 g/mol. The van der Waals surface area contributed by atoms with Crippen molar-refractivity contribution >= 4 is 16.1 Å². The molecule has 0 fully saturated rings. The third kappa shape index (κ3) is 3.77.